The summed E-state index contributed by atoms with van der Waals surface area (Å²) in [5.74, 6) is -0.589. The fourth-order valence-corrected chi connectivity index (χ4v) is 2.31. The van der Waals surface area contributed by atoms with Crippen molar-refractivity contribution >= 4 is 17.6 Å². The van der Waals surface area contributed by atoms with Crippen molar-refractivity contribution in [2.75, 3.05) is 0 Å². The van der Waals surface area contributed by atoms with E-state index in [-0.39, 0.29) is 29.6 Å². The molecule has 1 aliphatic heterocycles. The molecule has 1 rings (SSSR count). The molecule has 0 aromatic heterocycles. The minimum atomic E-state index is -0.392. The molecule has 0 saturated carbocycles. The fraction of sp³-hybridized carbons (Fsp3) is 0.643. The molecule has 0 N–H and O–H groups in total. The first-order valence-electron chi connectivity index (χ1n) is 6.24. The molecule has 4 nitrogen and oxygen atoms in total. The second kappa shape index (κ2) is 5.04. The van der Waals surface area contributed by atoms with Crippen LogP contribution in [-0.2, 0) is 14.4 Å². The maximum Gasteiger partial charge on any atom is 0.253 e. The number of rotatable bonds is 4. The number of Topliss-reactive ketones (excluding diaryl/α,β-unsaturated/α-hetero) is 1. The summed E-state index contributed by atoms with van der Waals surface area (Å²) < 4.78 is 0. The van der Waals surface area contributed by atoms with Crippen LogP contribution in [0.4, 0.5) is 0 Å². The molecule has 0 aliphatic carbocycles. The summed E-state index contributed by atoms with van der Waals surface area (Å²) in [7, 11) is 0. The Kier molecular flexibility index (Phi) is 4.09. The molecule has 0 fully saturated rings. The lowest BCUT2D eigenvalue weighted by molar-refractivity contribution is -0.140. The van der Waals surface area contributed by atoms with E-state index in [1.165, 1.54) is 17.1 Å². The first-order chi connectivity index (χ1) is 8.14. The minimum Gasteiger partial charge on any atom is -0.299 e. The molecule has 0 saturated heterocycles. The zero-order valence-corrected chi connectivity index (χ0v) is 11.7. The van der Waals surface area contributed by atoms with Gasteiger partial charge in [-0.15, -0.1) is 0 Å². The normalized spacial score (nSPS) is 19.3. The number of imide groups is 1. The Bertz CT molecular complexity index is 386. The summed E-state index contributed by atoms with van der Waals surface area (Å²) in [5, 5.41) is 0. The highest BCUT2D eigenvalue weighted by molar-refractivity contribution is 6.13. The molecule has 0 aromatic rings. The molecule has 18 heavy (non-hydrogen) atoms. The first-order valence-corrected chi connectivity index (χ1v) is 6.24. The highest BCUT2D eigenvalue weighted by Crippen LogP contribution is 2.24. The zero-order valence-electron chi connectivity index (χ0n) is 11.7. The zero-order chi connectivity index (χ0) is 14.1. The number of carbonyl (C=O) groups excluding carboxylic acids is 3. The third-order valence-corrected chi connectivity index (χ3v) is 3.17. The van der Waals surface area contributed by atoms with E-state index >= 15 is 0 Å². The molecule has 1 heterocycles. The number of hydrogen-bond donors (Lipinski definition) is 0. The van der Waals surface area contributed by atoms with E-state index < -0.39 is 5.41 Å². The van der Waals surface area contributed by atoms with Gasteiger partial charge in [0.1, 0.15) is 5.78 Å². The summed E-state index contributed by atoms with van der Waals surface area (Å²) in [6, 6.07) is -0.249. The summed E-state index contributed by atoms with van der Waals surface area (Å²) in [6.45, 7) is 9.29. The highest BCUT2D eigenvalue weighted by atomic mass is 16.2. The van der Waals surface area contributed by atoms with Crippen molar-refractivity contribution in [3.63, 3.8) is 0 Å². The van der Waals surface area contributed by atoms with Gasteiger partial charge in [-0.25, -0.2) is 0 Å². The van der Waals surface area contributed by atoms with E-state index in [0.717, 1.165) is 0 Å². The molecule has 0 spiro atoms. The van der Waals surface area contributed by atoms with Gasteiger partial charge in [0.2, 0.25) is 0 Å². The molecular weight excluding hydrogens is 230 g/mol. The predicted octanol–water partition coefficient (Wildman–Crippen LogP) is 1.94. The third kappa shape index (κ3) is 3.06. The molecule has 0 bridgehead atoms. The third-order valence-electron chi connectivity index (χ3n) is 3.17. The second-order valence-corrected chi connectivity index (χ2v) is 5.98. The van der Waals surface area contributed by atoms with E-state index in [2.05, 4.69) is 0 Å². The van der Waals surface area contributed by atoms with Crippen LogP contribution >= 0.6 is 0 Å². The van der Waals surface area contributed by atoms with Gasteiger partial charge >= 0.3 is 0 Å². The number of nitrogens with zero attached hydrogens (tertiary/aromatic N) is 1. The van der Waals surface area contributed by atoms with Crippen LogP contribution in [-0.4, -0.2) is 28.5 Å². The molecule has 4 heteroatoms. The van der Waals surface area contributed by atoms with Crippen LogP contribution in [0, 0.1) is 11.3 Å². The SMILES string of the molecule is CC(CC(C)N1C(=O)C=CC1=O)C(=O)C(C)(C)C. The smallest absolute Gasteiger partial charge is 0.253 e. The van der Waals surface area contributed by atoms with Crippen LogP contribution in [0.3, 0.4) is 0 Å². The summed E-state index contributed by atoms with van der Waals surface area (Å²) in [5.41, 5.74) is -0.392. The lowest BCUT2D eigenvalue weighted by Gasteiger charge is -2.27. The molecule has 2 atom stereocenters. The van der Waals surface area contributed by atoms with Gasteiger partial charge in [-0.05, 0) is 13.3 Å². The Labute approximate surface area is 108 Å². The number of hydrogen-bond acceptors (Lipinski definition) is 3. The topological polar surface area (TPSA) is 54.5 Å². The van der Waals surface area contributed by atoms with Crippen molar-refractivity contribution in [2.45, 2.75) is 47.1 Å². The quantitative estimate of drug-likeness (QED) is 0.717. The average Bonchev–Trinajstić information content (AvgIpc) is 2.55. The number of carbonyl (C=O) groups is 3. The van der Waals surface area contributed by atoms with Crippen LogP contribution in [0.2, 0.25) is 0 Å². The van der Waals surface area contributed by atoms with E-state index in [1.807, 2.05) is 27.7 Å². The van der Waals surface area contributed by atoms with Crippen molar-refractivity contribution in [3.8, 4) is 0 Å². The molecule has 0 aromatic carbocycles. The first kappa shape index (κ1) is 14.6. The Morgan fingerprint density at radius 3 is 2.00 bits per heavy atom. The van der Waals surface area contributed by atoms with Crippen molar-refractivity contribution in [1.29, 1.82) is 0 Å². The van der Waals surface area contributed by atoms with Crippen LogP contribution in [0.25, 0.3) is 0 Å². The molecule has 0 radical (unpaired) electrons. The maximum absolute atomic E-state index is 12.1. The molecule has 1 aliphatic rings. The van der Waals surface area contributed by atoms with Gasteiger partial charge < -0.3 is 0 Å². The predicted molar refractivity (Wildman–Crippen MR) is 68.7 cm³/mol. The van der Waals surface area contributed by atoms with Crippen molar-refractivity contribution < 1.29 is 14.4 Å². The molecule has 100 valence electrons. The molecular formula is C14H21NO3. The van der Waals surface area contributed by atoms with Gasteiger partial charge in [0.05, 0.1) is 0 Å². The van der Waals surface area contributed by atoms with Crippen LogP contribution < -0.4 is 0 Å². The van der Waals surface area contributed by atoms with Crippen LogP contribution in [0.15, 0.2) is 12.2 Å². The van der Waals surface area contributed by atoms with Gasteiger partial charge in [-0.3, -0.25) is 19.3 Å². The number of ketones is 1. The van der Waals surface area contributed by atoms with E-state index in [1.54, 1.807) is 6.92 Å². The largest absolute Gasteiger partial charge is 0.299 e. The Morgan fingerprint density at radius 2 is 1.61 bits per heavy atom. The van der Waals surface area contributed by atoms with Crippen molar-refractivity contribution in [2.24, 2.45) is 11.3 Å². The van der Waals surface area contributed by atoms with E-state index in [4.69, 9.17) is 0 Å². The lowest BCUT2D eigenvalue weighted by Crippen LogP contribution is -2.40. The van der Waals surface area contributed by atoms with Crippen LogP contribution in [0.5, 0.6) is 0 Å². The Balaban J connectivity index is 2.66. The Hall–Kier alpha value is -1.45. The van der Waals surface area contributed by atoms with Crippen molar-refractivity contribution in [1.82, 2.24) is 4.90 Å². The molecule has 2 amide bonds. The van der Waals surface area contributed by atoms with Gasteiger partial charge in [-0.1, -0.05) is 27.7 Å². The monoisotopic (exact) mass is 251 g/mol. The lowest BCUT2D eigenvalue weighted by atomic mass is 9.81. The number of amides is 2. The summed E-state index contributed by atoms with van der Waals surface area (Å²) in [4.78, 5) is 36.3. The van der Waals surface area contributed by atoms with Gasteiger partial charge in [0.25, 0.3) is 11.8 Å². The second-order valence-electron chi connectivity index (χ2n) is 5.98. The van der Waals surface area contributed by atoms with Crippen molar-refractivity contribution in [3.05, 3.63) is 12.2 Å². The van der Waals surface area contributed by atoms with Gasteiger partial charge in [0, 0.05) is 29.5 Å². The van der Waals surface area contributed by atoms with E-state index in [9.17, 15) is 14.4 Å². The standard InChI is InChI=1S/C14H21NO3/c1-9(13(18)14(3,4)5)8-10(2)15-11(16)6-7-12(15)17/h6-7,9-10H,8H2,1-5H3. The highest BCUT2D eigenvalue weighted by Gasteiger charge is 2.33. The fourth-order valence-electron chi connectivity index (χ4n) is 2.31. The van der Waals surface area contributed by atoms with Crippen LogP contribution in [0.1, 0.15) is 41.0 Å². The van der Waals surface area contributed by atoms with E-state index in [0.29, 0.717) is 6.42 Å². The molecule has 2 unspecified atom stereocenters. The van der Waals surface area contributed by atoms with Gasteiger partial charge in [-0.2, -0.15) is 0 Å². The summed E-state index contributed by atoms with van der Waals surface area (Å²) in [6.07, 6.45) is 3.05. The maximum atomic E-state index is 12.1. The average molecular weight is 251 g/mol. The summed E-state index contributed by atoms with van der Waals surface area (Å²) >= 11 is 0. The minimum absolute atomic E-state index is 0.154. The van der Waals surface area contributed by atoms with Gasteiger partial charge in [0.15, 0.2) is 0 Å². The Morgan fingerprint density at radius 1 is 1.17 bits per heavy atom.